The van der Waals surface area contributed by atoms with Gasteiger partial charge < -0.3 is 5.32 Å². The second-order valence-corrected chi connectivity index (χ2v) is 5.72. The number of rotatable bonds is 3. The smallest absolute Gasteiger partial charge is 0.294 e. The van der Waals surface area contributed by atoms with Gasteiger partial charge in [-0.25, -0.2) is 9.97 Å². The third-order valence-corrected chi connectivity index (χ3v) is 3.80. The molecule has 0 radical (unpaired) electrons. The van der Waals surface area contributed by atoms with Crippen molar-refractivity contribution in [1.29, 1.82) is 0 Å². The fraction of sp³-hybridized carbons (Fsp3) is 0. The molecule has 0 saturated carbocycles. The average molecular weight is 380 g/mol. The Morgan fingerprint density at radius 2 is 2.05 bits per heavy atom. The van der Waals surface area contributed by atoms with Crippen LogP contribution in [0.3, 0.4) is 0 Å². The predicted octanol–water partition coefficient (Wildman–Crippen LogP) is 4.70. The van der Waals surface area contributed by atoms with Crippen LogP contribution in [-0.4, -0.2) is 14.9 Å². The van der Waals surface area contributed by atoms with Gasteiger partial charge in [-0.1, -0.05) is 33.6 Å². The molecule has 0 aliphatic rings. The molecule has 1 N–H and O–H groups in total. The van der Waals surface area contributed by atoms with Gasteiger partial charge in [-0.05, 0) is 24.3 Å². The van der Waals surface area contributed by atoms with Gasteiger partial charge in [0, 0.05) is 21.6 Å². The minimum absolute atomic E-state index is 0.0813. The monoisotopic (exact) mass is 378 g/mol. The van der Waals surface area contributed by atoms with Crippen LogP contribution in [0.5, 0.6) is 0 Å². The zero-order valence-electron chi connectivity index (χ0n) is 11.0. The summed E-state index contributed by atoms with van der Waals surface area (Å²) < 4.78 is 0.863. The maximum atomic E-state index is 11.3. The van der Waals surface area contributed by atoms with Crippen molar-refractivity contribution in [3.8, 4) is 0 Å². The van der Waals surface area contributed by atoms with E-state index < -0.39 is 4.92 Å². The highest BCUT2D eigenvalue weighted by Gasteiger charge is 2.17. The van der Waals surface area contributed by atoms with Gasteiger partial charge in [0.05, 0.1) is 10.4 Å². The first-order valence-electron chi connectivity index (χ1n) is 6.16. The number of nitro benzene ring substituents is 1. The van der Waals surface area contributed by atoms with Crippen LogP contribution < -0.4 is 5.32 Å². The first-order chi connectivity index (χ1) is 10.5. The first-order valence-corrected chi connectivity index (χ1v) is 7.33. The number of halogens is 2. The lowest BCUT2D eigenvalue weighted by molar-refractivity contribution is -0.383. The number of fused-ring (bicyclic) bond motifs is 1. The molecule has 3 aromatic rings. The van der Waals surface area contributed by atoms with Gasteiger partial charge in [0.2, 0.25) is 0 Å². The molecule has 0 saturated heterocycles. The van der Waals surface area contributed by atoms with Crippen LogP contribution in [0.25, 0.3) is 10.9 Å². The molecule has 22 heavy (non-hydrogen) atoms. The molecule has 6 nitrogen and oxygen atoms in total. The van der Waals surface area contributed by atoms with Crippen LogP contribution in [-0.2, 0) is 0 Å². The van der Waals surface area contributed by atoms with Crippen molar-refractivity contribution in [2.24, 2.45) is 0 Å². The molecule has 1 heterocycles. The lowest BCUT2D eigenvalue weighted by Crippen LogP contribution is -1.98. The van der Waals surface area contributed by atoms with Crippen LogP contribution in [0.1, 0.15) is 0 Å². The van der Waals surface area contributed by atoms with Gasteiger partial charge in [-0.2, -0.15) is 0 Å². The third kappa shape index (κ3) is 2.86. The maximum Gasteiger partial charge on any atom is 0.294 e. The number of nitrogens with one attached hydrogen (secondary N) is 1. The number of hydrogen-bond donors (Lipinski definition) is 1. The van der Waals surface area contributed by atoms with Crippen molar-refractivity contribution < 1.29 is 4.92 Å². The zero-order chi connectivity index (χ0) is 15.7. The summed E-state index contributed by atoms with van der Waals surface area (Å²) in [5, 5.41) is 15.1. The van der Waals surface area contributed by atoms with Crippen LogP contribution in [0.4, 0.5) is 17.1 Å². The molecule has 0 fully saturated rings. The van der Waals surface area contributed by atoms with Crippen LogP contribution >= 0.6 is 27.5 Å². The van der Waals surface area contributed by atoms with Gasteiger partial charge in [-0.3, -0.25) is 10.1 Å². The van der Waals surface area contributed by atoms with Crippen molar-refractivity contribution >= 4 is 55.5 Å². The summed E-state index contributed by atoms with van der Waals surface area (Å²) in [6, 6.07) is 10.3. The van der Waals surface area contributed by atoms with E-state index in [1.165, 1.54) is 12.4 Å². The maximum absolute atomic E-state index is 11.3. The predicted molar refractivity (Wildman–Crippen MR) is 88.6 cm³/mol. The Kier molecular flexibility index (Phi) is 3.91. The Morgan fingerprint density at radius 3 is 2.77 bits per heavy atom. The summed E-state index contributed by atoms with van der Waals surface area (Å²) in [6.45, 7) is 0. The topological polar surface area (TPSA) is 81.0 Å². The van der Waals surface area contributed by atoms with Gasteiger partial charge in [0.15, 0.2) is 0 Å². The SMILES string of the molecule is O=[N+]([O-])c1cc2ncnc(Cl)c2cc1Nc1cccc(Br)c1. The Labute approximate surface area is 138 Å². The molecule has 110 valence electrons. The zero-order valence-corrected chi connectivity index (χ0v) is 13.3. The molecule has 0 unspecified atom stereocenters. The first kappa shape index (κ1) is 14.7. The molecular weight excluding hydrogens is 372 g/mol. The summed E-state index contributed by atoms with van der Waals surface area (Å²) in [4.78, 5) is 18.7. The van der Waals surface area contributed by atoms with E-state index in [4.69, 9.17) is 11.6 Å². The molecular formula is C14H8BrClN4O2. The van der Waals surface area contributed by atoms with E-state index in [1.807, 2.05) is 24.3 Å². The third-order valence-electron chi connectivity index (χ3n) is 3.00. The van der Waals surface area contributed by atoms with Crippen LogP contribution in [0, 0.1) is 10.1 Å². The van der Waals surface area contributed by atoms with Crippen LogP contribution in [0.2, 0.25) is 5.15 Å². The van der Waals surface area contributed by atoms with Crippen molar-refractivity contribution in [3.05, 3.63) is 62.5 Å². The number of aromatic nitrogens is 2. The molecule has 0 spiro atoms. The second-order valence-electron chi connectivity index (χ2n) is 4.44. The molecule has 3 rings (SSSR count). The summed E-state index contributed by atoms with van der Waals surface area (Å²) >= 11 is 9.39. The highest BCUT2D eigenvalue weighted by Crippen LogP contribution is 2.34. The summed E-state index contributed by atoms with van der Waals surface area (Å²) in [5.74, 6) is 0. The lowest BCUT2D eigenvalue weighted by atomic mass is 10.2. The number of anilines is 2. The highest BCUT2D eigenvalue weighted by atomic mass is 79.9. The van der Waals surface area contributed by atoms with Crippen molar-refractivity contribution in [1.82, 2.24) is 9.97 Å². The van der Waals surface area contributed by atoms with E-state index in [2.05, 4.69) is 31.2 Å². The van der Waals surface area contributed by atoms with Crippen molar-refractivity contribution in [2.75, 3.05) is 5.32 Å². The number of benzene rings is 2. The molecule has 1 aromatic heterocycles. The normalized spacial score (nSPS) is 10.6. The molecule has 0 aliphatic carbocycles. The number of nitro groups is 1. The largest absolute Gasteiger partial charge is 0.350 e. The van der Waals surface area contributed by atoms with E-state index >= 15 is 0 Å². The Bertz CT molecular complexity index is 888. The van der Waals surface area contributed by atoms with E-state index in [0.717, 1.165) is 4.47 Å². The molecule has 0 bridgehead atoms. The number of nitrogens with zero attached hydrogens (tertiary/aromatic N) is 3. The molecule has 2 aromatic carbocycles. The van der Waals surface area contributed by atoms with E-state index in [-0.39, 0.29) is 10.8 Å². The second kappa shape index (κ2) is 5.86. The van der Waals surface area contributed by atoms with E-state index in [0.29, 0.717) is 22.3 Å². The van der Waals surface area contributed by atoms with Gasteiger partial charge in [0.25, 0.3) is 5.69 Å². The summed E-state index contributed by atoms with van der Waals surface area (Å²) in [6.07, 6.45) is 1.27. The molecule has 0 aliphatic heterocycles. The van der Waals surface area contributed by atoms with Crippen molar-refractivity contribution in [2.45, 2.75) is 0 Å². The van der Waals surface area contributed by atoms with Gasteiger partial charge in [0.1, 0.15) is 17.2 Å². The van der Waals surface area contributed by atoms with Crippen LogP contribution in [0.15, 0.2) is 47.2 Å². The molecule has 8 heteroatoms. The highest BCUT2D eigenvalue weighted by molar-refractivity contribution is 9.10. The Morgan fingerprint density at radius 1 is 1.23 bits per heavy atom. The summed E-state index contributed by atoms with van der Waals surface area (Å²) in [7, 11) is 0. The van der Waals surface area contributed by atoms with Gasteiger partial charge >= 0.3 is 0 Å². The molecule has 0 amide bonds. The van der Waals surface area contributed by atoms with Crippen molar-refractivity contribution in [3.63, 3.8) is 0 Å². The van der Waals surface area contributed by atoms with E-state index in [9.17, 15) is 10.1 Å². The fourth-order valence-corrected chi connectivity index (χ4v) is 2.63. The minimum atomic E-state index is -0.463. The van der Waals surface area contributed by atoms with E-state index in [1.54, 1.807) is 6.07 Å². The fourth-order valence-electron chi connectivity index (χ4n) is 2.03. The Balaban J connectivity index is 2.16. The standard InChI is InChI=1S/C14H8BrClN4O2/c15-8-2-1-3-9(4-8)19-12-5-10-11(6-13(12)20(21)22)17-7-18-14(10)16/h1-7,19H. The molecule has 0 atom stereocenters. The number of hydrogen-bond acceptors (Lipinski definition) is 5. The lowest BCUT2D eigenvalue weighted by Gasteiger charge is -2.09. The van der Waals surface area contributed by atoms with Gasteiger partial charge in [-0.15, -0.1) is 0 Å². The quantitative estimate of drug-likeness (QED) is 0.405. The minimum Gasteiger partial charge on any atom is -0.350 e. The summed E-state index contributed by atoms with van der Waals surface area (Å²) in [5.41, 5.74) is 1.38. The average Bonchev–Trinajstić information content (AvgIpc) is 2.47. The Hall–Kier alpha value is -2.25.